The monoisotopic (exact) mass is 410 g/mol. The van der Waals surface area contributed by atoms with E-state index in [-0.39, 0.29) is 19.6 Å². The minimum absolute atomic E-state index is 0.124. The third kappa shape index (κ3) is 4.67. The summed E-state index contributed by atoms with van der Waals surface area (Å²) in [4.78, 5) is 0. The Labute approximate surface area is 164 Å². The predicted octanol–water partition coefficient (Wildman–Crippen LogP) is 6.88. The Kier molecular flexibility index (Phi) is 8.88. The molecule has 28 heavy (non-hydrogen) atoms. The quantitative estimate of drug-likeness (QED) is 0.200. The molecule has 162 valence electrons. The Morgan fingerprint density at radius 1 is 0.786 bits per heavy atom. The second-order valence-corrected chi connectivity index (χ2v) is 6.93. The van der Waals surface area contributed by atoms with Gasteiger partial charge in [-0.25, -0.2) is 4.39 Å². The lowest BCUT2D eigenvalue weighted by Crippen LogP contribution is -2.66. The molecular formula is C21H31F5O2. The fraction of sp³-hybridized carbons (Fsp3) is 0.714. The highest BCUT2D eigenvalue weighted by molar-refractivity contribution is 5.30. The summed E-state index contributed by atoms with van der Waals surface area (Å²) >= 11 is 0. The van der Waals surface area contributed by atoms with Gasteiger partial charge in [0.05, 0.1) is 0 Å². The highest BCUT2D eigenvalue weighted by atomic mass is 19.3. The Bertz CT molecular complexity index is 573. The number of ether oxygens (including phenoxy) is 2. The molecular weight excluding hydrogens is 379 g/mol. The fourth-order valence-corrected chi connectivity index (χ4v) is 3.37. The number of hydrogen-bond donors (Lipinski definition) is 0. The molecule has 2 nitrogen and oxygen atoms in total. The molecule has 0 saturated heterocycles. The summed E-state index contributed by atoms with van der Waals surface area (Å²) < 4.78 is 86.8. The van der Waals surface area contributed by atoms with Crippen LogP contribution in [0, 0.1) is 0 Å². The maximum Gasteiger partial charge on any atom is 0.352 e. The average Bonchev–Trinajstić information content (AvgIpc) is 2.65. The lowest BCUT2D eigenvalue weighted by molar-refractivity contribution is -0.380. The van der Waals surface area contributed by atoms with Crippen LogP contribution < -0.4 is 0 Å². The van der Waals surface area contributed by atoms with Crippen molar-refractivity contribution >= 4 is 0 Å². The number of rotatable bonds is 13. The molecule has 1 atom stereocenters. The van der Waals surface area contributed by atoms with Crippen LogP contribution in [0.15, 0.2) is 30.3 Å². The SMILES string of the molecule is CCCCCCC(F)(F)C(F)(F)C(F)(c1ccccc1)C(C)(OCC)OCC. The van der Waals surface area contributed by atoms with Crippen LogP contribution in [-0.2, 0) is 15.1 Å². The molecule has 1 aromatic carbocycles. The van der Waals surface area contributed by atoms with E-state index in [1.54, 1.807) is 0 Å². The number of benzene rings is 1. The molecule has 0 spiro atoms. The van der Waals surface area contributed by atoms with E-state index in [0.717, 1.165) is 25.5 Å². The summed E-state index contributed by atoms with van der Waals surface area (Å²) in [5, 5.41) is 0. The van der Waals surface area contributed by atoms with Crippen LogP contribution in [0.3, 0.4) is 0 Å². The second-order valence-electron chi connectivity index (χ2n) is 6.93. The average molecular weight is 410 g/mol. The van der Waals surface area contributed by atoms with Gasteiger partial charge in [0.15, 0.2) is 0 Å². The smallest absolute Gasteiger partial charge is 0.347 e. The topological polar surface area (TPSA) is 18.5 Å². The number of hydrogen-bond acceptors (Lipinski definition) is 2. The summed E-state index contributed by atoms with van der Waals surface area (Å²) in [6.07, 6.45) is 0.553. The predicted molar refractivity (Wildman–Crippen MR) is 99.5 cm³/mol. The van der Waals surface area contributed by atoms with Crippen LogP contribution >= 0.6 is 0 Å². The molecule has 0 aromatic heterocycles. The Morgan fingerprint density at radius 3 is 1.79 bits per heavy atom. The third-order valence-corrected chi connectivity index (χ3v) is 4.87. The summed E-state index contributed by atoms with van der Waals surface area (Å²) in [6, 6.07) is 6.23. The van der Waals surface area contributed by atoms with E-state index in [9.17, 15) is 8.78 Å². The molecule has 1 unspecified atom stereocenters. The molecule has 0 N–H and O–H groups in total. The summed E-state index contributed by atoms with van der Waals surface area (Å²) in [6.45, 7) is 5.38. The zero-order valence-electron chi connectivity index (χ0n) is 17.0. The second kappa shape index (κ2) is 10.0. The van der Waals surface area contributed by atoms with E-state index in [4.69, 9.17) is 9.47 Å². The lowest BCUT2D eigenvalue weighted by Gasteiger charge is -2.47. The van der Waals surface area contributed by atoms with E-state index >= 15 is 13.2 Å². The van der Waals surface area contributed by atoms with Crippen molar-refractivity contribution in [3.8, 4) is 0 Å². The zero-order valence-corrected chi connectivity index (χ0v) is 17.0. The molecule has 0 heterocycles. The van der Waals surface area contributed by atoms with E-state index in [0.29, 0.717) is 12.8 Å². The molecule has 0 bridgehead atoms. The van der Waals surface area contributed by atoms with Crippen LogP contribution in [0.2, 0.25) is 0 Å². The van der Waals surface area contributed by atoms with Gasteiger partial charge in [0.2, 0.25) is 5.79 Å². The van der Waals surface area contributed by atoms with Crippen LogP contribution in [0.25, 0.3) is 0 Å². The van der Waals surface area contributed by atoms with Crippen molar-refractivity contribution in [2.24, 2.45) is 0 Å². The van der Waals surface area contributed by atoms with Crippen molar-refractivity contribution in [1.29, 1.82) is 0 Å². The highest BCUT2D eigenvalue weighted by Crippen LogP contribution is 2.58. The van der Waals surface area contributed by atoms with Crippen LogP contribution in [0.4, 0.5) is 22.0 Å². The van der Waals surface area contributed by atoms with E-state index in [2.05, 4.69) is 0 Å². The molecule has 0 saturated carbocycles. The van der Waals surface area contributed by atoms with Crippen LogP contribution in [-0.4, -0.2) is 30.8 Å². The van der Waals surface area contributed by atoms with Gasteiger partial charge in [-0.2, -0.15) is 17.6 Å². The van der Waals surface area contributed by atoms with Gasteiger partial charge in [-0.1, -0.05) is 56.5 Å². The first-order valence-electron chi connectivity index (χ1n) is 9.82. The van der Waals surface area contributed by atoms with Crippen molar-refractivity contribution in [2.45, 2.75) is 83.1 Å². The summed E-state index contributed by atoms with van der Waals surface area (Å²) in [7, 11) is 0. The van der Waals surface area contributed by atoms with Crippen LogP contribution in [0.1, 0.15) is 65.4 Å². The maximum atomic E-state index is 16.3. The molecule has 7 heteroatoms. The summed E-state index contributed by atoms with van der Waals surface area (Å²) in [5.41, 5.74) is -4.51. The van der Waals surface area contributed by atoms with Crippen molar-refractivity contribution in [2.75, 3.05) is 13.2 Å². The Morgan fingerprint density at radius 2 is 1.32 bits per heavy atom. The fourth-order valence-electron chi connectivity index (χ4n) is 3.37. The zero-order chi connectivity index (χ0) is 21.5. The van der Waals surface area contributed by atoms with Gasteiger partial charge in [-0.3, -0.25) is 0 Å². The van der Waals surface area contributed by atoms with Crippen molar-refractivity contribution < 1.29 is 31.4 Å². The van der Waals surface area contributed by atoms with Gasteiger partial charge in [0, 0.05) is 25.2 Å². The minimum Gasteiger partial charge on any atom is -0.347 e. The molecule has 0 aliphatic rings. The highest BCUT2D eigenvalue weighted by Gasteiger charge is 2.77. The van der Waals surface area contributed by atoms with Crippen LogP contribution in [0.5, 0.6) is 0 Å². The number of unbranched alkanes of at least 4 members (excludes halogenated alkanes) is 3. The first kappa shape index (κ1) is 24.8. The number of alkyl halides is 5. The standard InChI is InChI=1S/C21H31F5O2/c1-5-8-9-13-16-19(22,23)21(25,26)20(24,17-14-11-10-12-15-17)18(4,27-6-2)28-7-3/h10-12,14-15H,5-9,13,16H2,1-4H3. The molecule has 0 fully saturated rings. The molecule has 0 aliphatic heterocycles. The molecule has 0 radical (unpaired) electrons. The maximum absolute atomic E-state index is 16.3. The minimum atomic E-state index is -5.06. The first-order valence-corrected chi connectivity index (χ1v) is 9.82. The van der Waals surface area contributed by atoms with E-state index in [1.165, 1.54) is 32.0 Å². The van der Waals surface area contributed by atoms with Gasteiger partial charge in [-0.15, -0.1) is 0 Å². The van der Waals surface area contributed by atoms with Gasteiger partial charge in [0.25, 0.3) is 5.67 Å². The number of halogens is 5. The molecule has 0 aliphatic carbocycles. The Balaban J connectivity index is 3.49. The van der Waals surface area contributed by atoms with E-state index < -0.39 is 35.3 Å². The van der Waals surface area contributed by atoms with Gasteiger partial charge in [-0.05, 0) is 27.2 Å². The first-order chi connectivity index (χ1) is 13.0. The van der Waals surface area contributed by atoms with Crippen molar-refractivity contribution in [1.82, 2.24) is 0 Å². The van der Waals surface area contributed by atoms with Crippen molar-refractivity contribution in [3.05, 3.63) is 35.9 Å². The van der Waals surface area contributed by atoms with Gasteiger partial charge in [0.1, 0.15) is 0 Å². The largest absolute Gasteiger partial charge is 0.352 e. The molecule has 1 aromatic rings. The third-order valence-electron chi connectivity index (χ3n) is 4.87. The summed E-state index contributed by atoms with van der Waals surface area (Å²) in [5.74, 6) is -12.2. The van der Waals surface area contributed by atoms with E-state index in [1.807, 2.05) is 6.92 Å². The Hall–Kier alpha value is -1.21. The van der Waals surface area contributed by atoms with Crippen molar-refractivity contribution in [3.63, 3.8) is 0 Å². The van der Waals surface area contributed by atoms with Gasteiger partial charge < -0.3 is 9.47 Å². The van der Waals surface area contributed by atoms with Gasteiger partial charge >= 0.3 is 11.8 Å². The lowest BCUT2D eigenvalue weighted by atomic mass is 9.78. The molecule has 1 rings (SSSR count). The molecule has 0 amide bonds. The normalized spacial score (nSPS) is 15.5.